The van der Waals surface area contributed by atoms with Crippen molar-refractivity contribution in [2.45, 2.75) is 19.3 Å². The van der Waals surface area contributed by atoms with E-state index in [1.807, 2.05) is 43.2 Å². The predicted octanol–water partition coefficient (Wildman–Crippen LogP) is 3.47. The molecule has 1 saturated heterocycles. The lowest BCUT2D eigenvalue weighted by atomic mass is 10.0. The number of hydrogen-bond acceptors (Lipinski definition) is 3. The maximum Gasteiger partial charge on any atom is 0.193 e. The number of benzene rings is 1. The molecule has 1 fully saturated rings. The Morgan fingerprint density at radius 2 is 2.21 bits per heavy atom. The number of aliphatic imine (C=N–C) groups is 1. The van der Waals surface area contributed by atoms with Crippen molar-refractivity contribution < 1.29 is 4.42 Å². The fraction of sp³-hybridized carbons (Fsp3) is 0.429. The van der Waals surface area contributed by atoms with Crippen molar-refractivity contribution in [2.24, 2.45) is 18.0 Å². The Labute approximate surface area is 183 Å². The van der Waals surface area contributed by atoms with Crippen molar-refractivity contribution >= 4 is 40.9 Å². The van der Waals surface area contributed by atoms with Crippen LogP contribution < -0.4 is 5.32 Å². The van der Waals surface area contributed by atoms with Gasteiger partial charge in [-0.3, -0.25) is 9.67 Å². The molecule has 1 N–H and O–H groups in total. The normalized spacial score (nSPS) is 17.1. The number of hydrogen-bond donors (Lipinski definition) is 1. The van der Waals surface area contributed by atoms with Crippen LogP contribution in [0.25, 0.3) is 11.0 Å². The maximum atomic E-state index is 5.89. The molecule has 0 saturated carbocycles. The van der Waals surface area contributed by atoms with Gasteiger partial charge < -0.3 is 14.6 Å². The van der Waals surface area contributed by atoms with Gasteiger partial charge in [0.2, 0.25) is 0 Å². The van der Waals surface area contributed by atoms with Crippen molar-refractivity contribution in [3.8, 4) is 0 Å². The van der Waals surface area contributed by atoms with Gasteiger partial charge in [-0.1, -0.05) is 18.2 Å². The average Bonchev–Trinajstić information content (AvgIpc) is 3.39. The van der Waals surface area contributed by atoms with Crippen molar-refractivity contribution in [1.29, 1.82) is 0 Å². The molecule has 3 aromatic rings. The van der Waals surface area contributed by atoms with Gasteiger partial charge in [-0.25, -0.2) is 0 Å². The highest BCUT2D eigenvalue weighted by Gasteiger charge is 2.25. The highest BCUT2D eigenvalue weighted by atomic mass is 127. The zero-order valence-corrected chi connectivity index (χ0v) is 18.8. The zero-order valence-electron chi connectivity index (χ0n) is 16.5. The molecule has 6 nitrogen and oxygen atoms in total. The highest BCUT2D eigenvalue weighted by molar-refractivity contribution is 14.0. The number of rotatable bonds is 5. The van der Waals surface area contributed by atoms with E-state index in [1.54, 1.807) is 0 Å². The van der Waals surface area contributed by atoms with E-state index in [9.17, 15) is 0 Å². The quantitative estimate of drug-likeness (QED) is 0.336. The number of nitrogens with one attached hydrogen (secondary N) is 1. The number of nitrogens with zero attached hydrogens (tertiary/aromatic N) is 4. The summed E-state index contributed by atoms with van der Waals surface area (Å²) in [5, 5.41) is 8.93. The lowest BCUT2D eigenvalue weighted by molar-refractivity contribution is 0.458. The molecule has 0 radical (unpaired) electrons. The van der Waals surface area contributed by atoms with Gasteiger partial charge in [-0.05, 0) is 36.5 Å². The first-order valence-corrected chi connectivity index (χ1v) is 9.62. The Hall–Kier alpha value is -2.03. The zero-order chi connectivity index (χ0) is 18.6. The molecular formula is C21H28IN5O. The van der Waals surface area contributed by atoms with Crippen LogP contribution in [0.15, 0.2) is 52.1 Å². The molecule has 0 bridgehead atoms. The first kappa shape index (κ1) is 20.7. The molecule has 4 rings (SSSR count). The van der Waals surface area contributed by atoms with Crippen LogP contribution in [0.5, 0.6) is 0 Å². The van der Waals surface area contributed by atoms with Crippen molar-refractivity contribution in [1.82, 2.24) is 20.0 Å². The van der Waals surface area contributed by atoms with Crippen molar-refractivity contribution in [3.05, 3.63) is 54.0 Å². The second kappa shape index (κ2) is 9.45. The molecule has 3 heterocycles. The van der Waals surface area contributed by atoms with Gasteiger partial charge in [-0.2, -0.15) is 5.10 Å². The van der Waals surface area contributed by atoms with Gasteiger partial charge in [0.05, 0.1) is 6.20 Å². The first-order chi connectivity index (χ1) is 13.2. The third kappa shape index (κ3) is 4.87. The minimum absolute atomic E-state index is 0. The predicted molar refractivity (Wildman–Crippen MR) is 123 cm³/mol. The standard InChI is InChI=1S/C21H27N5O.HI/c1-22-21(23-9-7-19-12-18-5-3-4-6-20(18)27-19)26-10-8-16(15-26)11-17-13-24-25(2)14-17;/h3-6,12-14,16H,7-11,15H2,1-2H3,(H,22,23);1H. The summed E-state index contributed by atoms with van der Waals surface area (Å²) in [7, 11) is 3.83. The van der Waals surface area contributed by atoms with E-state index in [0.717, 1.165) is 55.2 Å². The molecule has 0 aliphatic carbocycles. The number of fused-ring (bicyclic) bond motifs is 1. The first-order valence-electron chi connectivity index (χ1n) is 9.62. The van der Waals surface area contributed by atoms with Crippen LogP contribution in [0, 0.1) is 5.92 Å². The van der Waals surface area contributed by atoms with Crippen LogP contribution in [0.1, 0.15) is 17.7 Å². The molecule has 2 aromatic heterocycles. The third-order valence-electron chi connectivity index (χ3n) is 5.21. The smallest absolute Gasteiger partial charge is 0.193 e. The molecule has 1 unspecified atom stereocenters. The summed E-state index contributed by atoms with van der Waals surface area (Å²) in [6.07, 6.45) is 7.21. The third-order valence-corrected chi connectivity index (χ3v) is 5.21. The molecule has 1 aliphatic heterocycles. The Morgan fingerprint density at radius 3 is 2.96 bits per heavy atom. The summed E-state index contributed by atoms with van der Waals surface area (Å²) in [6, 6.07) is 10.3. The molecule has 0 spiro atoms. The fourth-order valence-corrected chi connectivity index (χ4v) is 3.89. The fourth-order valence-electron chi connectivity index (χ4n) is 3.89. The number of guanidine groups is 1. The minimum Gasteiger partial charge on any atom is -0.461 e. The lowest BCUT2D eigenvalue weighted by Gasteiger charge is -2.21. The summed E-state index contributed by atoms with van der Waals surface area (Å²) in [5.41, 5.74) is 2.27. The van der Waals surface area contributed by atoms with Gasteiger partial charge in [0.1, 0.15) is 11.3 Å². The van der Waals surface area contributed by atoms with E-state index in [1.165, 1.54) is 12.0 Å². The van der Waals surface area contributed by atoms with Gasteiger partial charge in [0.15, 0.2) is 5.96 Å². The molecule has 7 heteroatoms. The summed E-state index contributed by atoms with van der Waals surface area (Å²) < 4.78 is 7.77. The summed E-state index contributed by atoms with van der Waals surface area (Å²) >= 11 is 0. The van der Waals surface area contributed by atoms with Crippen LogP contribution in [-0.2, 0) is 19.9 Å². The molecule has 1 aromatic carbocycles. The van der Waals surface area contributed by atoms with Crippen LogP contribution in [0.3, 0.4) is 0 Å². The monoisotopic (exact) mass is 493 g/mol. The molecule has 150 valence electrons. The van der Waals surface area contributed by atoms with Crippen LogP contribution in [0.4, 0.5) is 0 Å². The second-order valence-corrected chi connectivity index (χ2v) is 7.30. The van der Waals surface area contributed by atoms with Gasteiger partial charge in [0, 0.05) is 51.7 Å². The summed E-state index contributed by atoms with van der Waals surface area (Å²) in [4.78, 5) is 6.83. The molecular weight excluding hydrogens is 465 g/mol. The van der Waals surface area contributed by atoms with Crippen LogP contribution in [-0.4, -0.2) is 47.3 Å². The maximum absolute atomic E-state index is 5.89. The SMILES string of the molecule is CN=C(NCCc1cc2ccccc2o1)N1CCC(Cc2cnn(C)c2)C1.I. The number of likely N-dealkylation sites (tertiary alicyclic amines) is 1. The average molecular weight is 493 g/mol. The van der Waals surface area contributed by atoms with E-state index in [4.69, 9.17) is 4.42 Å². The second-order valence-electron chi connectivity index (χ2n) is 7.30. The summed E-state index contributed by atoms with van der Waals surface area (Å²) in [5.74, 6) is 2.65. The Morgan fingerprint density at radius 1 is 1.36 bits per heavy atom. The van der Waals surface area contributed by atoms with E-state index >= 15 is 0 Å². The Kier molecular flexibility index (Phi) is 6.98. The van der Waals surface area contributed by atoms with E-state index in [-0.39, 0.29) is 24.0 Å². The van der Waals surface area contributed by atoms with Crippen LogP contribution in [0.2, 0.25) is 0 Å². The summed E-state index contributed by atoms with van der Waals surface area (Å²) in [6.45, 7) is 2.91. The number of aryl methyl sites for hydroxylation is 1. The molecule has 1 aliphatic rings. The van der Waals surface area contributed by atoms with Gasteiger partial charge in [0.25, 0.3) is 0 Å². The van der Waals surface area contributed by atoms with Gasteiger partial charge >= 0.3 is 0 Å². The number of furan rings is 1. The molecule has 28 heavy (non-hydrogen) atoms. The number of halogens is 1. The largest absolute Gasteiger partial charge is 0.461 e. The van der Waals surface area contributed by atoms with Crippen molar-refractivity contribution in [3.63, 3.8) is 0 Å². The number of aromatic nitrogens is 2. The van der Waals surface area contributed by atoms with Crippen molar-refractivity contribution in [2.75, 3.05) is 26.7 Å². The Balaban J connectivity index is 0.00000225. The molecule has 1 atom stereocenters. The lowest BCUT2D eigenvalue weighted by Crippen LogP contribution is -2.40. The highest BCUT2D eigenvalue weighted by Crippen LogP contribution is 2.21. The Bertz CT molecular complexity index is 899. The van der Waals surface area contributed by atoms with Gasteiger partial charge in [-0.15, -0.1) is 24.0 Å². The number of para-hydroxylation sites is 1. The molecule has 0 amide bonds. The topological polar surface area (TPSA) is 58.6 Å². The van der Waals surface area contributed by atoms with E-state index in [0.29, 0.717) is 5.92 Å². The van der Waals surface area contributed by atoms with Crippen LogP contribution >= 0.6 is 24.0 Å². The van der Waals surface area contributed by atoms with E-state index in [2.05, 4.69) is 38.6 Å². The minimum atomic E-state index is 0. The van der Waals surface area contributed by atoms with E-state index < -0.39 is 0 Å².